The molecule has 2 heterocycles. The SMILES string of the molecule is CC1(C)CN(c2cncc(SCc3ccccc3)n2)CCO1. The molecule has 5 heteroatoms. The minimum Gasteiger partial charge on any atom is -0.372 e. The van der Waals surface area contributed by atoms with E-state index in [4.69, 9.17) is 9.72 Å². The first-order chi connectivity index (χ1) is 10.6. The lowest BCUT2D eigenvalue weighted by molar-refractivity contribution is -0.0279. The van der Waals surface area contributed by atoms with Crippen LogP contribution in [0.3, 0.4) is 0 Å². The molecular weight excluding hydrogens is 294 g/mol. The van der Waals surface area contributed by atoms with Crippen molar-refractivity contribution in [3.8, 4) is 0 Å². The molecule has 1 aliphatic rings. The Morgan fingerprint density at radius 2 is 2.05 bits per heavy atom. The Balaban J connectivity index is 1.67. The van der Waals surface area contributed by atoms with Crippen molar-refractivity contribution in [2.24, 2.45) is 0 Å². The minimum atomic E-state index is -0.132. The maximum absolute atomic E-state index is 5.76. The van der Waals surface area contributed by atoms with Crippen LogP contribution < -0.4 is 4.90 Å². The number of nitrogens with zero attached hydrogens (tertiary/aromatic N) is 3. The molecule has 116 valence electrons. The Hall–Kier alpha value is -1.59. The van der Waals surface area contributed by atoms with Crippen LogP contribution in [0.25, 0.3) is 0 Å². The van der Waals surface area contributed by atoms with Crippen LogP contribution in [0.4, 0.5) is 5.82 Å². The molecule has 2 aromatic rings. The fourth-order valence-electron chi connectivity index (χ4n) is 2.50. The van der Waals surface area contributed by atoms with Crippen LogP contribution in [-0.4, -0.2) is 35.3 Å². The first kappa shape index (κ1) is 15.3. The summed E-state index contributed by atoms with van der Waals surface area (Å²) in [7, 11) is 0. The minimum absolute atomic E-state index is 0.132. The molecule has 1 aliphatic heterocycles. The van der Waals surface area contributed by atoms with Crippen molar-refractivity contribution in [1.29, 1.82) is 0 Å². The average Bonchev–Trinajstić information content (AvgIpc) is 2.53. The number of aromatic nitrogens is 2. The molecule has 0 saturated carbocycles. The van der Waals surface area contributed by atoms with Crippen molar-refractivity contribution >= 4 is 17.6 Å². The number of hydrogen-bond donors (Lipinski definition) is 0. The largest absolute Gasteiger partial charge is 0.372 e. The molecule has 0 radical (unpaired) electrons. The van der Waals surface area contributed by atoms with Crippen molar-refractivity contribution in [2.75, 3.05) is 24.6 Å². The van der Waals surface area contributed by atoms with Gasteiger partial charge in [0.05, 0.1) is 24.6 Å². The summed E-state index contributed by atoms with van der Waals surface area (Å²) in [4.78, 5) is 11.4. The zero-order valence-electron chi connectivity index (χ0n) is 13.0. The van der Waals surface area contributed by atoms with E-state index in [0.29, 0.717) is 0 Å². The molecule has 0 aliphatic carbocycles. The molecule has 0 atom stereocenters. The van der Waals surface area contributed by atoms with E-state index in [1.54, 1.807) is 11.8 Å². The summed E-state index contributed by atoms with van der Waals surface area (Å²) in [5.41, 5.74) is 1.17. The second kappa shape index (κ2) is 6.67. The van der Waals surface area contributed by atoms with E-state index in [1.165, 1.54) is 5.56 Å². The molecule has 0 spiro atoms. The lowest BCUT2D eigenvalue weighted by atomic mass is 10.1. The van der Waals surface area contributed by atoms with Gasteiger partial charge in [-0.05, 0) is 19.4 Å². The van der Waals surface area contributed by atoms with Gasteiger partial charge in [0.25, 0.3) is 0 Å². The molecular formula is C17H21N3OS. The number of benzene rings is 1. The first-order valence-electron chi connectivity index (χ1n) is 7.50. The molecule has 1 aromatic carbocycles. The quantitative estimate of drug-likeness (QED) is 0.809. The fraction of sp³-hybridized carbons (Fsp3) is 0.412. The zero-order chi connectivity index (χ0) is 15.4. The van der Waals surface area contributed by atoms with Crippen molar-refractivity contribution in [3.63, 3.8) is 0 Å². The fourth-order valence-corrected chi connectivity index (χ4v) is 3.30. The Kier molecular flexibility index (Phi) is 4.64. The van der Waals surface area contributed by atoms with E-state index in [9.17, 15) is 0 Å². The van der Waals surface area contributed by atoms with E-state index in [-0.39, 0.29) is 5.60 Å². The second-order valence-electron chi connectivity index (χ2n) is 6.02. The first-order valence-corrected chi connectivity index (χ1v) is 8.49. The molecule has 4 nitrogen and oxygen atoms in total. The summed E-state index contributed by atoms with van der Waals surface area (Å²) in [5, 5.41) is 0.964. The molecule has 0 bridgehead atoms. The number of anilines is 1. The van der Waals surface area contributed by atoms with Gasteiger partial charge in [-0.25, -0.2) is 4.98 Å². The monoisotopic (exact) mass is 315 g/mol. The van der Waals surface area contributed by atoms with Gasteiger partial charge in [-0.2, -0.15) is 0 Å². The number of hydrogen-bond acceptors (Lipinski definition) is 5. The Labute approximate surface area is 135 Å². The highest BCUT2D eigenvalue weighted by molar-refractivity contribution is 7.98. The highest BCUT2D eigenvalue weighted by Gasteiger charge is 2.28. The zero-order valence-corrected chi connectivity index (χ0v) is 13.8. The summed E-state index contributed by atoms with van der Waals surface area (Å²) in [6.07, 6.45) is 3.68. The highest BCUT2D eigenvalue weighted by Crippen LogP contribution is 2.25. The molecule has 0 amide bonds. The smallest absolute Gasteiger partial charge is 0.148 e. The third-order valence-electron chi connectivity index (χ3n) is 3.58. The summed E-state index contributed by atoms with van der Waals surface area (Å²) in [6.45, 7) is 6.66. The van der Waals surface area contributed by atoms with Gasteiger partial charge in [0.2, 0.25) is 0 Å². The third kappa shape index (κ3) is 3.99. The maximum Gasteiger partial charge on any atom is 0.148 e. The molecule has 3 rings (SSSR count). The van der Waals surface area contributed by atoms with E-state index in [2.05, 4.69) is 48.0 Å². The third-order valence-corrected chi connectivity index (χ3v) is 4.55. The van der Waals surface area contributed by atoms with Gasteiger partial charge in [0.15, 0.2) is 0 Å². The number of morpholine rings is 1. The topological polar surface area (TPSA) is 38.2 Å². The summed E-state index contributed by atoms with van der Waals surface area (Å²) >= 11 is 1.72. The maximum atomic E-state index is 5.76. The lowest BCUT2D eigenvalue weighted by Crippen LogP contribution is -2.48. The molecule has 0 N–H and O–H groups in total. The predicted molar refractivity (Wildman–Crippen MR) is 90.3 cm³/mol. The Morgan fingerprint density at radius 1 is 1.23 bits per heavy atom. The van der Waals surface area contributed by atoms with Crippen LogP contribution in [0.15, 0.2) is 47.8 Å². The van der Waals surface area contributed by atoms with Gasteiger partial charge >= 0.3 is 0 Å². The summed E-state index contributed by atoms with van der Waals surface area (Å²) in [6, 6.07) is 10.4. The van der Waals surface area contributed by atoms with E-state index in [0.717, 1.165) is 36.3 Å². The lowest BCUT2D eigenvalue weighted by Gasteiger charge is -2.38. The Bertz CT molecular complexity index is 618. The second-order valence-corrected chi connectivity index (χ2v) is 7.02. The van der Waals surface area contributed by atoms with Crippen LogP contribution >= 0.6 is 11.8 Å². The predicted octanol–water partition coefficient (Wildman–Crippen LogP) is 3.38. The summed E-state index contributed by atoms with van der Waals surface area (Å²) in [5.74, 6) is 1.85. The normalized spacial score (nSPS) is 17.5. The number of rotatable bonds is 4. The molecule has 1 fully saturated rings. The van der Waals surface area contributed by atoms with Crippen LogP contribution in [0.1, 0.15) is 19.4 Å². The number of thioether (sulfide) groups is 1. The molecule has 1 saturated heterocycles. The number of ether oxygens (including phenoxy) is 1. The van der Waals surface area contributed by atoms with Gasteiger partial charge in [0, 0.05) is 18.8 Å². The molecule has 1 aromatic heterocycles. The van der Waals surface area contributed by atoms with Gasteiger partial charge < -0.3 is 9.64 Å². The van der Waals surface area contributed by atoms with Crippen molar-refractivity contribution in [3.05, 3.63) is 48.3 Å². The summed E-state index contributed by atoms with van der Waals surface area (Å²) < 4.78 is 5.76. The van der Waals surface area contributed by atoms with Crippen LogP contribution in [0.2, 0.25) is 0 Å². The van der Waals surface area contributed by atoms with Crippen LogP contribution in [0, 0.1) is 0 Å². The molecule has 22 heavy (non-hydrogen) atoms. The van der Waals surface area contributed by atoms with E-state index < -0.39 is 0 Å². The Morgan fingerprint density at radius 3 is 2.82 bits per heavy atom. The van der Waals surface area contributed by atoms with Gasteiger partial charge in [-0.3, -0.25) is 4.98 Å². The van der Waals surface area contributed by atoms with Crippen LogP contribution in [0.5, 0.6) is 0 Å². The van der Waals surface area contributed by atoms with Crippen LogP contribution in [-0.2, 0) is 10.5 Å². The van der Waals surface area contributed by atoms with Crippen molar-refractivity contribution in [1.82, 2.24) is 9.97 Å². The average molecular weight is 315 g/mol. The highest BCUT2D eigenvalue weighted by atomic mass is 32.2. The van der Waals surface area contributed by atoms with Crippen molar-refractivity contribution in [2.45, 2.75) is 30.2 Å². The van der Waals surface area contributed by atoms with Gasteiger partial charge in [-0.1, -0.05) is 30.3 Å². The molecule has 0 unspecified atom stereocenters. The van der Waals surface area contributed by atoms with E-state index >= 15 is 0 Å². The van der Waals surface area contributed by atoms with Gasteiger partial charge in [-0.15, -0.1) is 11.8 Å². The van der Waals surface area contributed by atoms with Gasteiger partial charge in [0.1, 0.15) is 10.8 Å². The van der Waals surface area contributed by atoms with E-state index in [1.807, 2.05) is 18.5 Å². The van der Waals surface area contributed by atoms with Crippen molar-refractivity contribution < 1.29 is 4.74 Å². The standard InChI is InChI=1S/C17H21N3OS/c1-17(2)13-20(8-9-21-17)15-10-18-11-16(19-15)22-12-14-6-4-3-5-7-14/h3-7,10-11H,8-9,12-13H2,1-2H3.